The highest BCUT2D eigenvalue weighted by atomic mass is 32.1. The first-order chi connectivity index (χ1) is 8.83. The van der Waals surface area contributed by atoms with Crippen LogP contribution in [0.4, 0.5) is 0 Å². The quantitative estimate of drug-likeness (QED) is 0.847. The Kier molecular flexibility index (Phi) is 3.40. The van der Waals surface area contributed by atoms with Crippen LogP contribution in [0.5, 0.6) is 0 Å². The summed E-state index contributed by atoms with van der Waals surface area (Å²) in [5.41, 5.74) is 2.10. The molecule has 18 heavy (non-hydrogen) atoms. The molecule has 3 rings (SSSR count). The van der Waals surface area contributed by atoms with Crippen LogP contribution in [0.1, 0.15) is 31.7 Å². The lowest BCUT2D eigenvalue weighted by Crippen LogP contribution is -2.41. The van der Waals surface area contributed by atoms with Gasteiger partial charge in [-0.05, 0) is 53.6 Å². The first-order valence-electron chi connectivity index (χ1n) is 6.99. The summed E-state index contributed by atoms with van der Waals surface area (Å²) in [4.78, 5) is 0. The third kappa shape index (κ3) is 2.19. The molecule has 1 aliphatic rings. The SMILES string of the molecule is CCNCC1(Cc2csc3ccccc23)CCC1. The second-order valence-electron chi connectivity index (χ2n) is 5.57. The second kappa shape index (κ2) is 5.02. The van der Waals surface area contributed by atoms with E-state index in [2.05, 4.69) is 41.9 Å². The molecule has 0 unspecified atom stereocenters. The minimum atomic E-state index is 0.542. The van der Waals surface area contributed by atoms with Crippen molar-refractivity contribution in [2.24, 2.45) is 5.41 Å². The Morgan fingerprint density at radius 3 is 2.83 bits per heavy atom. The highest BCUT2D eigenvalue weighted by molar-refractivity contribution is 7.17. The lowest BCUT2D eigenvalue weighted by Gasteiger charge is -2.42. The fraction of sp³-hybridized carbons (Fsp3) is 0.500. The normalized spacial score (nSPS) is 17.8. The van der Waals surface area contributed by atoms with E-state index in [0.29, 0.717) is 5.41 Å². The fourth-order valence-electron chi connectivity index (χ4n) is 3.06. The Labute approximate surface area is 113 Å². The van der Waals surface area contributed by atoms with Crippen LogP contribution in [0.25, 0.3) is 10.1 Å². The summed E-state index contributed by atoms with van der Waals surface area (Å²) in [5, 5.41) is 7.40. The molecule has 0 spiro atoms. The predicted molar refractivity (Wildman–Crippen MR) is 80.4 cm³/mol. The molecule has 1 nitrogen and oxygen atoms in total. The van der Waals surface area contributed by atoms with Crippen LogP contribution < -0.4 is 5.32 Å². The van der Waals surface area contributed by atoms with Gasteiger partial charge < -0.3 is 5.32 Å². The molecule has 1 heterocycles. The van der Waals surface area contributed by atoms with Crippen molar-refractivity contribution in [3.63, 3.8) is 0 Å². The molecular weight excluding hydrogens is 238 g/mol. The highest BCUT2D eigenvalue weighted by Crippen LogP contribution is 2.44. The van der Waals surface area contributed by atoms with Gasteiger partial charge in [-0.2, -0.15) is 0 Å². The third-order valence-electron chi connectivity index (χ3n) is 4.29. The minimum absolute atomic E-state index is 0.542. The molecule has 2 heteroatoms. The van der Waals surface area contributed by atoms with Gasteiger partial charge >= 0.3 is 0 Å². The van der Waals surface area contributed by atoms with Gasteiger partial charge in [0.2, 0.25) is 0 Å². The van der Waals surface area contributed by atoms with Crippen LogP contribution in [-0.4, -0.2) is 13.1 Å². The van der Waals surface area contributed by atoms with Crippen molar-refractivity contribution >= 4 is 21.4 Å². The summed E-state index contributed by atoms with van der Waals surface area (Å²) in [6.07, 6.45) is 5.45. The first-order valence-corrected chi connectivity index (χ1v) is 7.87. The molecule has 0 atom stereocenters. The van der Waals surface area contributed by atoms with Crippen molar-refractivity contribution in [1.82, 2.24) is 5.32 Å². The Morgan fingerprint density at radius 2 is 2.11 bits per heavy atom. The molecule has 0 saturated heterocycles. The predicted octanol–water partition coefficient (Wildman–Crippen LogP) is 4.22. The van der Waals surface area contributed by atoms with E-state index >= 15 is 0 Å². The van der Waals surface area contributed by atoms with Crippen LogP contribution in [0.2, 0.25) is 0 Å². The van der Waals surface area contributed by atoms with Gasteiger partial charge in [0.25, 0.3) is 0 Å². The van der Waals surface area contributed by atoms with Gasteiger partial charge in [0, 0.05) is 11.2 Å². The molecule has 1 aromatic carbocycles. The molecule has 1 aliphatic carbocycles. The van der Waals surface area contributed by atoms with Crippen molar-refractivity contribution in [2.45, 2.75) is 32.6 Å². The third-order valence-corrected chi connectivity index (χ3v) is 5.30. The Hall–Kier alpha value is -0.860. The van der Waals surface area contributed by atoms with Crippen LogP contribution in [0, 0.1) is 5.41 Å². The molecule has 1 saturated carbocycles. The average molecular weight is 259 g/mol. The molecular formula is C16H21NS. The number of hydrogen-bond acceptors (Lipinski definition) is 2. The van der Waals surface area contributed by atoms with Crippen LogP contribution in [0.15, 0.2) is 29.6 Å². The molecule has 0 aliphatic heterocycles. The number of benzene rings is 1. The average Bonchev–Trinajstić information content (AvgIpc) is 2.76. The lowest BCUT2D eigenvalue weighted by atomic mass is 9.65. The molecule has 0 radical (unpaired) electrons. The van der Waals surface area contributed by atoms with Crippen LogP contribution in [-0.2, 0) is 6.42 Å². The van der Waals surface area contributed by atoms with E-state index in [1.807, 2.05) is 11.3 Å². The summed E-state index contributed by atoms with van der Waals surface area (Å²) in [6.45, 7) is 4.48. The van der Waals surface area contributed by atoms with Gasteiger partial charge in [0.15, 0.2) is 0 Å². The smallest absolute Gasteiger partial charge is 0.0345 e. The van der Waals surface area contributed by atoms with Gasteiger partial charge in [0.1, 0.15) is 0 Å². The monoisotopic (exact) mass is 259 g/mol. The topological polar surface area (TPSA) is 12.0 Å². The standard InChI is InChI=1S/C16H21NS/c1-2-17-12-16(8-5-9-16)10-13-11-18-15-7-4-3-6-14(13)15/h3-4,6-7,11,17H,2,5,8-10,12H2,1H3. The molecule has 96 valence electrons. The maximum absolute atomic E-state index is 3.55. The van der Waals surface area contributed by atoms with Crippen LogP contribution >= 0.6 is 11.3 Å². The van der Waals surface area contributed by atoms with Gasteiger partial charge in [-0.25, -0.2) is 0 Å². The van der Waals surface area contributed by atoms with E-state index in [1.54, 1.807) is 5.56 Å². The molecule has 1 fully saturated rings. The molecule has 1 aromatic heterocycles. The van der Waals surface area contributed by atoms with Gasteiger partial charge in [-0.3, -0.25) is 0 Å². The summed E-state index contributed by atoms with van der Waals surface area (Å²) in [7, 11) is 0. The Morgan fingerprint density at radius 1 is 1.28 bits per heavy atom. The van der Waals surface area contributed by atoms with E-state index in [-0.39, 0.29) is 0 Å². The Bertz CT molecular complexity index is 525. The maximum atomic E-state index is 3.55. The number of rotatable bonds is 5. The summed E-state index contributed by atoms with van der Waals surface area (Å²) < 4.78 is 1.44. The van der Waals surface area contributed by atoms with Crippen molar-refractivity contribution < 1.29 is 0 Å². The lowest BCUT2D eigenvalue weighted by molar-refractivity contribution is 0.132. The van der Waals surface area contributed by atoms with E-state index in [1.165, 1.54) is 42.3 Å². The van der Waals surface area contributed by atoms with Crippen molar-refractivity contribution in [2.75, 3.05) is 13.1 Å². The Balaban J connectivity index is 1.82. The maximum Gasteiger partial charge on any atom is 0.0345 e. The summed E-state index contributed by atoms with van der Waals surface area (Å²) in [5.74, 6) is 0. The zero-order valence-electron chi connectivity index (χ0n) is 11.0. The van der Waals surface area contributed by atoms with E-state index in [0.717, 1.165) is 6.54 Å². The number of nitrogens with one attached hydrogen (secondary N) is 1. The number of hydrogen-bond donors (Lipinski definition) is 1. The van der Waals surface area contributed by atoms with E-state index in [9.17, 15) is 0 Å². The second-order valence-corrected chi connectivity index (χ2v) is 6.48. The van der Waals surface area contributed by atoms with Crippen LogP contribution in [0.3, 0.4) is 0 Å². The van der Waals surface area contributed by atoms with Gasteiger partial charge in [0.05, 0.1) is 0 Å². The molecule has 2 aromatic rings. The molecule has 0 bridgehead atoms. The van der Waals surface area contributed by atoms with Crippen molar-refractivity contribution in [3.8, 4) is 0 Å². The number of fused-ring (bicyclic) bond motifs is 1. The zero-order valence-corrected chi connectivity index (χ0v) is 11.9. The van der Waals surface area contributed by atoms with Crippen molar-refractivity contribution in [1.29, 1.82) is 0 Å². The van der Waals surface area contributed by atoms with Gasteiger partial charge in [-0.15, -0.1) is 11.3 Å². The largest absolute Gasteiger partial charge is 0.316 e. The first kappa shape index (κ1) is 12.2. The summed E-state index contributed by atoms with van der Waals surface area (Å²) in [6, 6.07) is 8.82. The fourth-order valence-corrected chi connectivity index (χ4v) is 4.02. The highest BCUT2D eigenvalue weighted by Gasteiger charge is 2.36. The van der Waals surface area contributed by atoms with Gasteiger partial charge in [-0.1, -0.05) is 31.5 Å². The molecule has 1 N–H and O–H groups in total. The zero-order chi connectivity index (χ0) is 12.4. The van der Waals surface area contributed by atoms with E-state index in [4.69, 9.17) is 0 Å². The summed E-state index contributed by atoms with van der Waals surface area (Å²) >= 11 is 1.89. The number of thiophene rings is 1. The minimum Gasteiger partial charge on any atom is -0.316 e. The van der Waals surface area contributed by atoms with Crippen molar-refractivity contribution in [3.05, 3.63) is 35.2 Å². The molecule has 0 amide bonds. The van der Waals surface area contributed by atoms with E-state index < -0.39 is 0 Å².